The van der Waals surface area contributed by atoms with E-state index in [4.69, 9.17) is 5.11 Å². The Kier molecular flexibility index (Phi) is 4.72. The molecule has 7 nitrogen and oxygen atoms in total. The number of carboxylic acids is 1. The van der Waals surface area contributed by atoms with Crippen molar-refractivity contribution in [3.05, 3.63) is 67.2 Å². The van der Waals surface area contributed by atoms with E-state index in [2.05, 4.69) is 0 Å². The summed E-state index contributed by atoms with van der Waals surface area (Å²) in [7, 11) is 0. The number of benzene rings is 1. The lowest BCUT2D eigenvalue weighted by atomic mass is 9.97. The number of aromatic nitrogens is 2. The molecule has 0 spiro atoms. The number of rotatable bonds is 5. The SMILES string of the molecule is O=C(O)Cn1c(=O)c2c3c(sc2n(CC(=O)c2ccccc2)c1=O)CCCC3. The van der Waals surface area contributed by atoms with Gasteiger partial charge in [-0.15, -0.1) is 11.3 Å². The normalized spacial score (nSPS) is 13.4. The minimum absolute atomic E-state index is 0.237. The van der Waals surface area contributed by atoms with Gasteiger partial charge in [0.2, 0.25) is 0 Å². The Labute approximate surface area is 163 Å². The summed E-state index contributed by atoms with van der Waals surface area (Å²) in [5.41, 5.74) is 0.0177. The van der Waals surface area contributed by atoms with E-state index in [9.17, 15) is 19.2 Å². The van der Waals surface area contributed by atoms with Crippen molar-refractivity contribution in [2.24, 2.45) is 0 Å². The van der Waals surface area contributed by atoms with Crippen LogP contribution < -0.4 is 11.2 Å². The summed E-state index contributed by atoms with van der Waals surface area (Å²) < 4.78 is 1.99. The average molecular weight is 398 g/mol. The van der Waals surface area contributed by atoms with Crippen molar-refractivity contribution in [3.63, 3.8) is 0 Å². The van der Waals surface area contributed by atoms with Gasteiger partial charge in [-0.1, -0.05) is 30.3 Å². The molecule has 0 fully saturated rings. The van der Waals surface area contributed by atoms with Crippen LogP contribution >= 0.6 is 11.3 Å². The molecule has 0 atom stereocenters. The van der Waals surface area contributed by atoms with Crippen LogP contribution in [-0.4, -0.2) is 26.0 Å². The Morgan fingerprint density at radius 1 is 1.00 bits per heavy atom. The average Bonchev–Trinajstić information content (AvgIpc) is 3.08. The second-order valence-corrected chi connectivity index (χ2v) is 7.92. The van der Waals surface area contributed by atoms with Gasteiger partial charge in [0.15, 0.2) is 5.78 Å². The van der Waals surface area contributed by atoms with Crippen molar-refractivity contribution < 1.29 is 14.7 Å². The lowest BCUT2D eigenvalue weighted by Crippen LogP contribution is -2.42. The van der Waals surface area contributed by atoms with E-state index < -0.39 is 23.8 Å². The number of hydrogen-bond acceptors (Lipinski definition) is 5. The van der Waals surface area contributed by atoms with Crippen LogP contribution in [0.25, 0.3) is 10.2 Å². The highest BCUT2D eigenvalue weighted by molar-refractivity contribution is 7.18. The summed E-state index contributed by atoms with van der Waals surface area (Å²) in [6, 6.07) is 8.59. The van der Waals surface area contributed by atoms with Crippen molar-refractivity contribution >= 4 is 33.3 Å². The maximum Gasteiger partial charge on any atom is 0.333 e. The maximum absolute atomic E-state index is 12.9. The fraction of sp³-hybridized carbons (Fsp3) is 0.300. The zero-order valence-electron chi connectivity index (χ0n) is 15.0. The first-order valence-corrected chi connectivity index (χ1v) is 9.87. The standard InChI is InChI=1S/C20H18N2O5S/c23-14(12-6-2-1-3-7-12)10-22-19-17(13-8-4-5-9-15(13)28-19)18(26)21(20(22)27)11-16(24)25/h1-3,6-7H,4-5,8-11H2,(H,24,25). The molecule has 0 unspecified atom stereocenters. The zero-order valence-corrected chi connectivity index (χ0v) is 15.8. The summed E-state index contributed by atoms with van der Waals surface area (Å²) in [5, 5.41) is 9.55. The van der Waals surface area contributed by atoms with E-state index in [0.717, 1.165) is 40.7 Å². The van der Waals surface area contributed by atoms with Crippen molar-refractivity contribution in [1.82, 2.24) is 9.13 Å². The van der Waals surface area contributed by atoms with Gasteiger partial charge in [0.25, 0.3) is 5.56 Å². The van der Waals surface area contributed by atoms with E-state index in [-0.39, 0.29) is 12.3 Å². The Balaban J connectivity index is 1.95. The molecule has 1 aromatic carbocycles. The molecule has 0 bridgehead atoms. The summed E-state index contributed by atoms with van der Waals surface area (Å²) >= 11 is 1.37. The van der Waals surface area contributed by atoms with Gasteiger partial charge in [-0.2, -0.15) is 0 Å². The molecule has 0 saturated carbocycles. The Morgan fingerprint density at radius 3 is 2.43 bits per heavy atom. The Morgan fingerprint density at radius 2 is 1.71 bits per heavy atom. The number of aliphatic carboxylic acids is 1. The quantitative estimate of drug-likeness (QED) is 0.664. The number of carboxylic acid groups (broad SMARTS) is 1. The van der Waals surface area contributed by atoms with E-state index in [1.807, 2.05) is 0 Å². The minimum atomic E-state index is -1.27. The monoisotopic (exact) mass is 398 g/mol. The molecule has 8 heteroatoms. The lowest BCUT2D eigenvalue weighted by molar-refractivity contribution is -0.137. The summed E-state index contributed by atoms with van der Waals surface area (Å²) in [6.45, 7) is -0.962. The summed E-state index contributed by atoms with van der Waals surface area (Å²) in [4.78, 5) is 51.3. The first kappa shape index (κ1) is 18.4. The fourth-order valence-electron chi connectivity index (χ4n) is 3.69. The smallest absolute Gasteiger partial charge is 0.333 e. The molecular formula is C20H18N2O5S. The molecular weight excluding hydrogens is 380 g/mol. The number of ketones is 1. The lowest BCUT2D eigenvalue weighted by Gasteiger charge is -2.12. The first-order chi connectivity index (χ1) is 13.5. The van der Waals surface area contributed by atoms with Gasteiger partial charge < -0.3 is 5.11 Å². The van der Waals surface area contributed by atoms with Gasteiger partial charge in [0.05, 0.1) is 11.9 Å². The summed E-state index contributed by atoms with van der Waals surface area (Å²) in [5.74, 6) is -1.54. The highest BCUT2D eigenvalue weighted by atomic mass is 32.1. The molecule has 0 aliphatic heterocycles. The molecule has 4 rings (SSSR count). The van der Waals surface area contributed by atoms with Crippen LogP contribution in [0.1, 0.15) is 33.6 Å². The Bertz CT molecular complexity index is 1200. The molecule has 28 heavy (non-hydrogen) atoms. The molecule has 1 aliphatic rings. The van der Waals surface area contributed by atoms with Crippen LogP contribution in [0, 0.1) is 0 Å². The molecule has 2 aromatic heterocycles. The third-order valence-electron chi connectivity index (χ3n) is 5.01. The Hall–Kier alpha value is -3.00. The molecule has 144 valence electrons. The number of Topliss-reactive ketones (excluding diaryl/α,β-unsaturated/α-hetero) is 1. The van der Waals surface area contributed by atoms with Crippen molar-refractivity contribution in [2.45, 2.75) is 38.8 Å². The van der Waals surface area contributed by atoms with Crippen molar-refractivity contribution in [2.75, 3.05) is 0 Å². The minimum Gasteiger partial charge on any atom is -0.480 e. The van der Waals surface area contributed by atoms with Crippen LogP contribution in [-0.2, 0) is 30.7 Å². The van der Waals surface area contributed by atoms with Gasteiger partial charge in [0, 0.05) is 10.4 Å². The van der Waals surface area contributed by atoms with Crippen molar-refractivity contribution in [1.29, 1.82) is 0 Å². The highest BCUT2D eigenvalue weighted by Gasteiger charge is 2.25. The van der Waals surface area contributed by atoms with Gasteiger partial charge in [-0.05, 0) is 31.2 Å². The summed E-state index contributed by atoms with van der Waals surface area (Å²) in [6.07, 6.45) is 3.51. The molecule has 0 saturated heterocycles. The second-order valence-electron chi connectivity index (χ2n) is 6.83. The topological polar surface area (TPSA) is 98.4 Å². The number of fused-ring (bicyclic) bond motifs is 3. The third-order valence-corrected chi connectivity index (χ3v) is 6.32. The molecule has 2 heterocycles. The van der Waals surface area contributed by atoms with Gasteiger partial charge in [-0.3, -0.25) is 19.0 Å². The second kappa shape index (κ2) is 7.20. The van der Waals surface area contributed by atoms with Gasteiger partial charge in [0.1, 0.15) is 11.4 Å². The molecule has 3 aromatic rings. The number of carbonyl (C=O) groups is 2. The van der Waals surface area contributed by atoms with Crippen molar-refractivity contribution in [3.8, 4) is 0 Å². The van der Waals surface area contributed by atoms with E-state index in [0.29, 0.717) is 15.8 Å². The number of nitrogens with zero attached hydrogens (tertiary/aromatic N) is 2. The van der Waals surface area contributed by atoms with Crippen LogP contribution in [0.15, 0.2) is 39.9 Å². The van der Waals surface area contributed by atoms with Crippen LogP contribution in [0.2, 0.25) is 0 Å². The van der Waals surface area contributed by atoms with Gasteiger partial charge in [-0.25, -0.2) is 9.36 Å². The number of thiophene rings is 1. The zero-order chi connectivity index (χ0) is 19.8. The van der Waals surface area contributed by atoms with E-state index >= 15 is 0 Å². The molecule has 1 N–H and O–H groups in total. The number of carbonyl (C=O) groups excluding carboxylic acids is 1. The first-order valence-electron chi connectivity index (χ1n) is 9.05. The van der Waals surface area contributed by atoms with Gasteiger partial charge >= 0.3 is 11.7 Å². The number of aryl methyl sites for hydroxylation is 2. The molecule has 1 aliphatic carbocycles. The van der Waals surface area contributed by atoms with E-state index in [1.165, 1.54) is 15.9 Å². The molecule has 0 amide bonds. The molecule has 0 radical (unpaired) electrons. The maximum atomic E-state index is 12.9. The predicted molar refractivity (Wildman–Crippen MR) is 105 cm³/mol. The third kappa shape index (κ3) is 3.09. The van der Waals surface area contributed by atoms with Crippen LogP contribution in [0.3, 0.4) is 0 Å². The number of hydrogen-bond donors (Lipinski definition) is 1. The largest absolute Gasteiger partial charge is 0.480 e. The van der Waals surface area contributed by atoms with Crippen LogP contribution in [0.4, 0.5) is 0 Å². The highest BCUT2D eigenvalue weighted by Crippen LogP contribution is 2.34. The predicted octanol–water partition coefficient (Wildman–Crippen LogP) is 2.07. The fourth-order valence-corrected chi connectivity index (χ4v) is 5.06. The van der Waals surface area contributed by atoms with E-state index in [1.54, 1.807) is 30.3 Å². The van der Waals surface area contributed by atoms with Crippen LogP contribution in [0.5, 0.6) is 0 Å².